The highest BCUT2D eigenvalue weighted by Crippen LogP contribution is 2.39. The third kappa shape index (κ3) is 4.48. The average molecular weight is 290 g/mol. The third-order valence-corrected chi connectivity index (χ3v) is 3.92. The van der Waals surface area contributed by atoms with Crippen molar-refractivity contribution in [3.05, 3.63) is 35.9 Å². The molecule has 0 bridgehead atoms. The Balaban J connectivity index is 2.01. The number of carbonyl (C=O) groups excluding carboxylic acids is 1. The van der Waals surface area contributed by atoms with Gasteiger partial charge in [0.25, 0.3) is 0 Å². The first-order chi connectivity index (χ1) is 9.88. The molecule has 0 saturated heterocycles. The molecule has 1 aliphatic rings. The van der Waals surface area contributed by atoms with Crippen LogP contribution in [-0.2, 0) is 4.79 Å². The Morgan fingerprint density at radius 1 is 1.29 bits per heavy atom. The Morgan fingerprint density at radius 2 is 1.90 bits per heavy atom. The normalized spacial score (nSPS) is 16.1. The molecule has 1 aromatic rings. The average Bonchev–Trinajstić information content (AvgIpc) is 3.22. The van der Waals surface area contributed by atoms with E-state index in [0.29, 0.717) is 5.92 Å². The molecule has 0 radical (unpaired) electrons. The number of hydrogen-bond acceptors (Lipinski definition) is 2. The summed E-state index contributed by atoms with van der Waals surface area (Å²) in [4.78, 5) is 23.1. The Labute approximate surface area is 124 Å². The lowest BCUT2D eigenvalue weighted by Gasteiger charge is -2.28. The SMILES string of the molecule is CC(C)(NC(=O)NC(CC(=O)O)c1ccccc1)C1CC1. The number of urea groups is 1. The van der Waals surface area contributed by atoms with Crippen LogP contribution in [0.2, 0.25) is 0 Å². The van der Waals surface area contributed by atoms with Gasteiger partial charge in [0.05, 0.1) is 12.5 Å². The molecule has 1 aliphatic carbocycles. The molecule has 5 heteroatoms. The molecule has 1 fully saturated rings. The van der Waals surface area contributed by atoms with Gasteiger partial charge in [-0.1, -0.05) is 30.3 Å². The van der Waals surface area contributed by atoms with Crippen LogP contribution < -0.4 is 10.6 Å². The lowest BCUT2D eigenvalue weighted by Crippen LogP contribution is -2.50. The zero-order valence-corrected chi connectivity index (χ0v) is 12.4. The van der Waals surface area contributed by atoms with Gasteiger partial charge >= 0.3 is 12.0 Å². The summed E-state index contributed by atoms with van der Waals surface area (Å²) in [6, 6.07) is 8.31. The standard InChI is InChI=1S/C16H22N2O3/c1-16(2,12-8-9-12)18-15(21)17-13(10-14(19)20)11-6-4-3-5-7-11/h3-7,12-13H,8-10H2,1-2H3,(H,19,20)(H2,17,18,21). The first-order valence-electron chi connectivity index (χ1n) is 7.24. The number of carboxylic acids is 1. The van der Waals surface area contributed by atoms with Gasteiger partial charge in [0.2, 0.25) is 0 Å². The van der Waals surface area contributed by atoms with Crippen molar-refractivity contribution < 1.29 is 14.7 Å². The number of rotatable bonds is 6. The maximum Gasteiger partial charge on any atom is 0.315 e. The van der Waals surface area contributed by atoms with E-state index in [0.717, 1.165) is 18.4 Å². The van der Waals surface area contributed by atoms with Gasteiger partial charge in [0, 0.05) is 5.54 Å². The molecule has 2 rings (SSSR count). The van der Waals surface area contributed by atoms with Gasteiger partial charge in [-0.25, -0.2) is 4.79 Å². The van der Waals surface area contributed by atoms with Crippen molar-refractivity contribution >= 4 is 12.0 Å². The molecule has 0 aliphatic heterocycles. The first kappa shape index (κ1) is 15.4. The second-order valence-corrected chi connectivity index (χ2v) is 6.16. The molecular weight excluding hydrogens is 268 g/mol. The van der Waals surface area contributed by atoms with Crippen LogP contribution >= 0.6 is 0 Å². The number of carbonyl (C=O) groups is 2. The number of aliphatic carboxylic acids is 1. The highest BCUT2D eigenvalue weighted by Gasteiger charge is 2.39. The first-order valence-corrected chi connectivity index (χ1v) is 7.24. The summed E-state index contributed by atoms with van der Waals surface area (Å²) in [5.41, 5.74) is 0.536. The summed E-state index contributed by atoms with van der Waals surface area (Å²) in [6.45, 7) is 4.00. The van der Waals surface area contributed by atoms with E-state index >= 15 is 0 Å². The van der Waals surface area contributed by atoms with Crippen molar-refractivity contribution in [1.82, 2.24) is 10.6 Å². The fraction of sp³-hybridized carbons (Fsp3) is 0.500. The van der Waals surface area contributed by atoms with E-state index in [2.05, 4.69) is 10.6 Å². The van der Waals surface area contributed by atoms with E-state index in [-0.39, 0.29) is 18.0 Å². The molecule has 0 aromatic heterocycles. The van der Waals surface area contributed by atoms with Crippen LogP contribution in [0.5, 0.6) is 0 Å². The van der Waals surface area contributed by atoms with E-state index < -0.39 is 12.0 Å². The zero-order valence-electron chi connectivity index (χ0n) is 12.4. The molecule has 2 amide bonds. The van der Waals surface area contributed by atoms with Crippen LogP contribution in [-0.4, -0.2) is 22.6 Å². The van der Waals surface area contributed by atoms with Crippen LogP contribution in [0.1, 0.15) is 44.7 Å². The number of benzene rings is 1. The minimum absolute atomic E-state index is 0.138. The van der Waals surface area contributed by atoms with Crippen LogP contribution in [0.15, 0.2) is 30.3 Å². The molecule has 5 nitrogen and oxygen atoms in total. The Kier molecular flexibility index (Phi) is 4.50. The van der Waals surface area contributed by atoms with Crippen molar-refractivity contribution in [2.45, 2.75) is 44.7 Å². The lowest BCUT2D eigenvalue weighted by molar-refractivity contribution is -0.137. The van der Waals surface area contributed by atoms with E-state index in [1.807, 2.05) is 44.2 Å². The smallest absolute Gasteiger partial charge is 0.315 e. The summed E-state index contributed by atoms with van der Waals surface area (Å²) in [5, 5.41) is 14.7. The number of carboxylic acid groups (broad SMARTS) is 1. The molecule has 0 spiro atoms. The van der Waals surface area contributed by atoms with Crippen LogP contribution in [0.4, 0.5) is 4.79 Å². The minimum atomic E-state index is -0.939. The van der Waals surface area contributed by atoms with Gasteiger partial charge < -0.3 is 15.7 Å². The summed E-state index contributed by atoms with van der Waals surface area (Å²) >= 11 is 0. The maximum absolute atomic E-state index is 12.1. The third-order valence-electron chi connectivity index (χ3n) is 3.92. The van der Waals surface area contributed by atoms with Gasteiger partial charge in [-0.3, -0.25) is 4.79 Å². The summed E-state index contributed by atoms with van der Waals surface area (Å²) < 4.78 is 0. The second kappa shape index (κ2) is 6.16. The van der Waals surface area contributed by atoms with Crippen molar-refractivity contribution in [2.24, 2.45) is 5.92 Å². The van der Waals surface area contributed by atoms with Crippen molar-refractivity contribution in [3.63, 3.8) is 0 Å². The number of hydrogen-bond donors (Lipinski definition) is 3. The Hall–Kier alpha value is -2.04. The molecular formula is C16H22N2O3. The van der Waals surface area contributed by atoms with E-state index in [1.165, 1.54) is 0 Å². The summed E-state index contributed by atoms with van der Waals surface area (Å²) in [7, 11) is 0. The predicted octanol–water partition coefficient (Wildman–Crippen LogP) is 2.69. The predicted molar refractivity (Wildman–Crippen MR) is 79.9 cm³/mol. The molecule has 114 valence electrons. The van der Waals surface area contributed by atoms with Gasteiger partial charge in [-0.15, -0.1) is 0 Å². The highest BCUT2D eigenvalue weighted by atomic mass is 16.4. The fourth-order valence-corrected chi connectivity index (χ4v) is 2.51. The van der Waals surface area contributed by atoms with Gasteiger partial charge in [0.15, 0.2) is 0 Å². The number of amides is 2. The van der Waals surface area contributed by atoms with E-state index in [9.17, 15) is 9.59 Å². The van der Waals surface area contributed by atoms with Crippen molar-refractivity contribution in [2.75, 3.05) is 0 Å². The second-order valence-electron chi connectivity index (χ2n) is 6.16. The largest absolute Gasteiger partial charge is 0.481 e. The Bertz CT molecular complexity index is 510. The van der Waals surface area contributed by atoms with Crippen LogP contribution in [0.3, 0.4) is 0 Å². The molecule has 3 N–H and O–H groups in total. The van der Waals surface area contributed by atoms with E-state index in [1.54, 1.807) is 0 Å². The quantitative estimate of drug-likeness (QED) is 0.753. The topological polar surface area (TPSA) is 78.4 Å². The fourth-order valence-electron chi connectivity index (χ4n) is 2.51. The Morgan fingerprint density at radius 3 is 2.43 bits per heavy atom. The van der Waals surface area contributed by atoms with Crippen molar-refractivity contribution in [1.29, 1.82) is 0 Å². The summed E-state index contributed by atoms with van der Waals surface area (Å²) in [6.07, 6.45) is 2.12. The maximum atomic E-state index is 12.1. The van der Waals surface area contributed by atoms with Gasteiger partial charge in [-0.05, 0) is 38.2 Å². The number of nitrogens with one attached hydrogen (secondary N) is 2. The molecule has 1 atom stereocenters. The van der Waals surface area contributed by atoms with Crippen LogP contribution in [0.25, 0.3) is 0 Å². The summed E-state index contributed by atoms with van der Waals surface area (Å²) in [5.74, 6) is -0.427. The lowest BCUT2D eigenvalue weighted by atomic mass is 9.99. The minimum Gasteiger partial charge on any atom is -0.481 e. The highest BCUT2D eigenvalue weighted by molar-refractivity contribution is 5.76. The molecule has 0 heterocycles. The van der Waals surface area contributed by atoms with Crippen LogP contribution in [0, 0.1) is 5.92 Å². The van der Waals surface area contributed by atoms with E-state index in [4.69, 9.17) is 5.11 Å². The molecule has 1 aromatic carbocycles. The molecule has 1 unspecified atom stereocenters. The van der Waals surface area contributed by atoms with Gasteiger partial charge in [-0.2, -0.15) is 0 Å². The molecule has 1 saturated carbocycles. The zero-order chi connectivity index (χ0) is 15.5. The van der Waals surface area contributed by atoms with Gasteiger partial charge in [0.1, 0.15) is 0 Å². The monoisotopic (exact) mass is 290 g/mol. The van der Waals surface area contributed by atoms with Crippen molar-refractivity contribution in [3.8, 4) is 0 Å². The molecule has 21 heavy (non-hydrogen) atoms.